The van der Waals surface area contributed by atoms with Crippen LogP contribution < -0.4 is 0 Å². The fraction of sp³-hybridized carbons (Fsp3) is 0.857. The molecule has 6 heteroatoms. The Kier molecular flexibility index (Phi) is 9.16. The van der Waals surface area contributed by atoms with E-state index >= 15 is 0 Å². The summed E-state index contributed by atoms with van der Waals surface area (Å²) in [5.74, 6) is -2.23. The lowest BCUT2D eigenvalue weighted by Gasteiger charge is -2.30. The lowest BCUT2D eigenvalue weighted by atomic mass is 9.74. The molecule has 0 aliphatic carbocycles. The monoisotopic (exact) mass is 290 g/mol. The number of carboxylic acid groups (broad SMARTS) is 1. The Morgan fingerprint density at radius 1 is 1.20 bits per heavy atom. The molecule has 0 saturated carbocycles. The number of methoxy groups -OCH3 is 1. The summed E-state index contributed by atoms with van der Waals surface area (Å²) in [7, 11) is 1.61. The molecule has 20 heavy (non-hydrogen) atoms. The van der Waals surface area contributed by atoms with Crippen molar-refractivity contribution in [2.75, 3.05) is 33.5 Å². The predicted molar refractivity (Wildman–Crippen MR) is 73.5 cm³/mol. The highest BCUT2D eigenvalue weighted by Gasteiger charge is 2.50. The van der Waals surface area contributed by atoms with Crippen LogP contribution in [0.1, 0.15) is 33.6 Å². The van der Waals surface area contributed by atoms with Crippen molar-refractivity contribution in [1.82, 2.24) is 0 Å². The van der Waals surface area contributed by atoms with Gasteiger partial charge in [0.25, 0.3) is 0 Å². The second kappa shape index (κ2) is 9.72. The third-order valence-corrected chi connectivity index (χ3v) is 3.28. The molecule has 0 spiro atoms. The van der Waals surface area contributed by atoms with Crippen molar-refractivity contribution in [3.8, 4) is 0 Å². The zero-order valence-corrected chi connectivity index (χ0v) is 12.8. The van der Waals surface area contributed by atoms with Gasteiger partial charge in [-0.1, -0.05) is 13.8 Å². The third kappa shape index (κ3) is 5.09. The molecule has 0 rings (SSSR count). The normalized spacial score (nSPS) is 14.1. The molecule has 1 N–H and O–H groups in total. The number of carbonyl (C=O) groups excluding carboxylic acids is 1. The van der Waals surface area contributed by atoms with Crippen LogP contribution in [0, 0.1) is 11.3 Å². The molecule has 0 amide bonds. The number of aliphatic carboxylic acids is 1. The Morgan fingerprint density at radius 2 is 1.85 bits per heavy atom. The summed E-state index contributed by atoms with van der Waals surface area (Å²) in [5, 5.41) is 9.46. The average molecular weight is 290 g/mol. The van der Waals surface area contributed by atoms with Crippen LogP contribution >= 0.6 is 0 Å². The summed E-state index contributed by atoms with van der Waals surface area (Å²) in [6.45, 7) is 6.50. The SMILES string of the molecule is CCOC(=O)C(CCOCCCOC)(C(=O)O)C(C)C. The van der Waals surface area contributed by atoms with Gasteiger partial charge in [-0.25, -0.2) is 0 Å². The molecular weight excluding hydrogens is 264 g/mol. The molecule has 0 aliphatic rings. The summed E-state index contributed by atoms with van der Waals surface area (Å²) in [6.07, 6.45) is 0.837. The number of hydrogen-bond donors (Lipinski definition) is 1. The van der Waals surface area contributed by atoms with Crippen molar-refractivity contribution in [1.29, 1.82) is 0 Å². The van der Waals surface area contributed by atoms with Gasteiger partial charge < -0.3 is 19.3 Å². The minimum Gasteiger partial charge on any atom is -0.480 e. The van der Waals surface area contributed by atoms with E-state index in [1.165, 1.54) is 0 Å². The Bertz CT molecular complexity index is 302. The molecule has 0 aromatic rings. The minimum atomic E-state index is -1.54. The van der Waals surface area contributed by atoms with E-state index in [2.05, 4.69) is 0 Å². The molecule has 1 atom stereocenters. The lowest BCUT2D eigenvalue weighted by Crippen LogP contribution is -2.46. The first kappa shape index (κ1) is 18.9. The third-order valence-electron chi connectivity index (χ3n) is 3.28. The van der Waals surface area contributed by atoms with E-state index < -0.39 is 17.4 Å². The molecule has 0 heterocycles. The van der Waals surface area contributed by atoms with E-state index in [1.807, 2.05) is 0 Å². The van der Waals surface area contributed by atoms with Gasteiger partial charge in [-0.15, -0.1) is 0 Å². The number of carboxylic acids is 1. The Balaban J connectivity index is 4.61. The van der Waals surface area contributed by atoms with E-state index in [9.17, 15) is 14.7 Å². The molecular formula is C14H26O6. The summed E-state index contributed by atoms with van der Waals surface area (Å²) < 4.78 is 15.2. The Hall–Kier alpha value is -1.14. The maximum atomic E-state index is 12.0. The molecule has 0 fully saturated rings. The number of hydrogen-bond acceptors (Lipinski definition) is 5. The maximum absolute atomic E-state index is 12.0. The predicted octanol–water partition coefficient (Wildman–Crippen LogP) is 1.72. The highest BCUT2D eigenvalue weighted by atomic mass is 16.5. The quantitative estimate of drug-likeness (QED) is 0.354. The highest BCUT2D eigenvalue weighted by Crippen LogP contribution is 2.34. The van der Waals surface area contributed by atoms with Crippen molar-refractivity contribution in [3.05, 3.63) is 0 Å². The standard InChI is InChI=1S/C14H26O6/c1-5-20-13(17)14(11(2)3,12(15)16)7-10-19-9-6-8-18-4/h11H,5-10H2,1-4H3,(H,15,16). The van der Waals surface area contributed by atoms with E-state index in [1.54, 1.807) is 27.9 Å². The summed E-state index contributed by atoms with van der Waals surface area (Å²) >= 11 is 0. The minimum absolute atomic E-state index is 0.103. The summed E-state index contributed by atoms with van der Waals surface area (Å²) in [4.78, 5) is 23.6. The highest BCUT2D eigenvalue weighted by molar-refractivity contribution is 5.99. The van der Waals surface area contributed by atoms with Crippen molar-refractivity contribution in [2.24, 2.45) is 11.3 Å². The first-order valence-corrected chi connectivity index (χ1v) is 6.90. The van der Waals surface area contributed by atoms with Crippen LogP contribution in [0.25, 0.3) is 0 Å². The van der Waals surface area contributed by atoms with E-state index in [0.717, 1.165) is 6.42 Å². The second-order valence-corrected chi connectivity index (χ2v) is 4.86. The zero-order chi connectivity index (χ0) is 15.6. The largest absolute Gasteiger partial charge is 0.480 e. The van der Waals surface area contributed by atoms with Gasteiger partial charge in [0, 0.05) is 26.9 Å². The first-order chi connectivity index (χ1) is 9.43. The molecule has 0 saturated heterocycles. The van der Waals surface area contributed by atoms with E-state index in [4.69, 9.17) is 14.2 Å². The molecule has 0 radical (unpaired) electrons. The van der Waals surface area contributed by atoms with E-state index in [-0.39, 0.29) is 25.6 Å². The Labute approximate surface area is 120 Å². The summed E-state index contributed by atoms with van der Waals surface area (Å²) in [6, 6.07) is 0. The smallest absolute Gasteiger partial charge is 0.323 e. The van der Waals surface area contributed by atoms with Gasteiger partial charge in [-0.3, -0.25) is 9.59 Å². The van der Waals surface area contributed by atoms with Crippen molar-refractivity contribution in [3.63, 3.8) is 0 Å². The van der Waals surface area contributed by atoms with Gasteiger partial charge in [-0.2, -0.15) is 0 Å². The van der Waals surface area contributed by atoms with Crippen molar-refractivity contribution >= 4 is 11.9 Å². The number of esters is 1. The second-order valence-electron chi connectivity index (χ2n) is 4.86. The van der Waals surface area contributed by atoms with Gasteiger partial charge in [0.05, 0.1) is 6.61 Å². The van der Waals surface area contributed by atoms with Crippen LogP contribution in [0.2, 0.25) is 0 Å². The van der Waals surface area contributed by atoms with E-state index in [0.29, 0.717) is 13.2 Å². The summed E-state index contributed by atoms with van der Waals surface area (Å²) in [5.41, 5.74) is -1.54. The molecule has 0 bridgehead atoms. The van der Waals surface area contributed by atoms with Crippen LogP contribution in [-0.2, 0) is 23.8 Å². The van der Waals surface area contributed by atoms with Crippen LogP contribution in [-0.4, -0.2) is 50.6 Å². The van der Waals surface area contributed by atoms with Crippen LogP contribution in [0.3, 0.4) is 0 Å². The van der Waals surface area contributed by atoms with Gasteiger partial charge in [-0.05, 0) is 25.7 Å². The van der Waals surface area contributed by atoms with Crippen molar-refractivity contribution < 1.29 is 28.9 Å². The number of ether oxygens (including phenoxy) is 3. The zero-order valence-electron chi connectivity index (χ0n) is 12.8. The van der Waals surface area contributed by atoms with Gasteiger partial charge >= 0.3 is 11.9 Å². The Morgan fingerprint density at radius 3 is 2.30 bits per heavy atom. The van der Waals surface area contributed by atoms with Crippen molar-refractivity contribution in [2.45, 2.75) is 33.6 Å². The van der Waals surface area contributed by atoms with Gasteiger partial charge in [0.1, 0.15) is 0 Å². The molecule has 1 unspecified atom stereocenters. The maximum Gasteiger partial charge on any atom is 0.323 e. The molecule has 6 nitrogen and oxygen atoms in total. The van der Waals surface area contributed by atoms with Crippen LogP contribution in [0.15, 0.2) is 0 Å². The van der Waals surface area contributed by atoms with Gasteiger partial charge in [0.2, 0.25) is 0 Å². The first-order valence-electron chi connectivity index (χ1n) is 6.90. The number of carbonyl (C=O) groups is 2. The topological polar surface area (TPSA) is 82.1 Å². The molecule has 0 aliphatic heterocycles. The fourth-order valence-corrected chi connectivity index (χ4v) is 1.97. The number of rotatable bonds is 11. The van der Waals surface area contributed by atoms with Crippen LogP contribution in [0.5, 0.6) is 0 Å². The fourth-order valence-electron chi connectivity index (χ4n) is 1.97. The molecule has 0 aromatic heterocycles. The molecule has 0 aromatic carbocycles. The molecule has 118 valence electrons. The van der Waals surface area contributed by atoms with Gasteiger partial charge in [0.15, 0.2) is 5.41 Å². The lowest BCUT2D eigenvalue weighted by molar-refractivity contribution is -0.174. The average Bonchev–Trinajstić information content (AvgIpc) is 2.37. The van der Waals surface area contributed by atoms with Crippen LogP contribution in [0.4, 0.5) is 0 Å².